The predicted molar refractivity (Wildman–Crippen MR) is 101 cm³/mol. The Morgan fingerprint density at radius 3 is 2.96 bits per heavy atom. The van der Waals surface area contributed by atoms with E-state index in [0.29, 0.717) is 42.9 Å². The summed E-state index contributed by atoms with van der Waals surface area (Å²) in [7, 11) is 0. The van der Waals surface area contributed by atoms with Gasteiger partial charge in [0.25, 0.3) is 0 Å². The number of hydrogen-bond acceptors (Lipinski definition) is 4. The lowest BCUT2D eigenvalue weighted by molar-refractivity contribution is -0.0336. The van der Waals surface area contributed by atoms with Crippen molar-refractivity contribution in [3.63, 3.8) is 0 Å². The Hall–Kier alpha value is -2.31. The molecule has 2 aromatic rings. The third-order valence-corrected chi connectivity index (χ3v) is 4.33. The molecule has 1 fully saturated rings. The average Bonchev–Trinajstić information content (AvgIpc) is 2.60. The number of ether oxygens (including phenoxy) is 2. The average molecular weight is 376 g/mol. The highest BCUT2D eigenvalue weighted by molar-refractivity contribution is 6.32. The number of nitrogens with zero attached hydrogens (tertiary/aromatic N) is 2. The maximum atomic E-state index is 12.5. The van der Waals surface area contributed by atoms with Gasteiger partial charge < -0.3 is 14.4 Å². The monoisotopic (exact) mass is 375 g/mol. The molecule has 0 radical (unpaired) electrons. The van der Waals surface area contributed by atoms with Gasteiger partial charge in [-0.25, -0.2) is 9.78 Å². The molecule has 138 valence electrons. The summed E-state index contributed by atoms with van der Waals surface area (Å²) in [5.41, 5.74) is 1.93. The van der Waals surface area contributed by atoms with Crippen LogP contribution in [0.15, 0.2) is 36.4 Å². The number of benzene rings is 1. The fourth-order valence-electron chi connectivity index (χ4n) is 2.84. The van der Waals surface area contributed by atoms with E-state index in [-0.39, 0.29) is 12.1 Å². The number of hydrogen-bond donors (Lipinski definition) is 1. The Balaban J connectivity index is 1.55. The molecule has 6 nitrogen and oxygen atoms in total. The maximum Gasteiger partial charge on any atom is 0.323 e. The molecule has 1 aliphatic heterocycles. The number of morpholine rings is 1. The Morgan fingerprint density at radius 1 is 1.38 bits per heavy atom. The quantitative estimate of drug-likeness (QED) is 0.885. The van der Waals surface area contributed by atoms with Gasteiger partial charge in [-0.3, -0.25) is 5.32 Å². The molecule has 7 heteroatoms. The Bertz CT molecular complexity index is 764. The van der Waals surface area contributed by atoms with E-state index in [1.807, 2.05) is 38.1 Å². The number of anilines is 1. The van der Waals surface area contributed by atoms with Crippen molar-refractivity contribution in [2.45, 2.75) is 20.0 Å². The standard InChI is InChI=1S/C19H22ClN3O3/c1-13-9-14(2)21-18(10-13)22-19(24)23-7-8-25-15(11-23)12-26-17-6-4-3-5-16(17)20/h3-6,9-10,15H,7-8,11-12H2,1-2H3,(H,21,22,24). The lowest BCUT2D eigenvalue weighted by atomic mass is 10.2. The molecule has 1 atom stereocenters. The zero-order chi connectivity index (χ0) is 18.5. The van der Waals surface area contributed by atoms with E-state index in [1.165, 1.54) is 0 Å². The van der Waals surface area contributed by atoms with Crippen molar-refractivity contribution < 1.29 is 14.3 Å². The lowest BCUT2D eigenvalue weighted by Crippen LogP contribution is -2.49. The van der Waals surface area contributed by atoms with Crippen molar-refractivity contribution in [1.29, 1.82) is 0 Å². The smallest absolute Gasteiger partial charge is 0.323 e. The topological polar surface area (TPSA) is 63.7 Å². The number of aryl methyl sites for hydroxylation is 2. The molecule has 0 spiro atoms. The Morgan fingerprint density at radius 2 is 2.19 bits per heavy atom. The third kappa shape index (κ3) is 4.86. The normalized spacial score (nSPS) is 17.0. The fourth-order valence-corrected chi connectivity index (χ4v) is 3.03. The van der Waals surface area contributed by atoms with Crippen LogP contribution in [-0.4, -0.2) is 48.3 Å². The summed E-state index contributed by atoms with van der Waals surface area (Å²) in [6.07, 6.45) is -0.210. The van der Waals surface area contributed by atoms with Crippen molar-refractivity contribution in [3.05, 3.63) is 52.7 Å². The molecule has 2 heterocycles. The van der Waals surface area contributed by atoms with Gasteiger partial charge in [-0.05, 0) is 43.7 Å². The Labute approximate surface area is 158 Å². The first kappa shape index (κ1) is 18.5. The first-order valence-corrected chi connectivity index (χ1v) is 8.89. The zero-order valence-corrected chi connectivity index (χ0v) is 15.6. The van der Waals surface area contributed by atoms with Crippen molar-refractivity contribution >= 4 is 23.4 Å². The summed E-state index contributed by atoms with van der Waals surface area (Å²) in [5, 5.41) is 3.41. The number of nitrogens with one attached hydrogen (secondary N) is 1. The van der Waals surface area contributed by atoms with E-state index in [9.17, 15) is 4.79 Å². The summed E-state index contributed by atoms with van der Waals surface area (Å²) in [6, 6.07) is 10.9. The van der Waals surface area contributed by atoms with Gasteiger partial charge in [0.15, 0.2) is 0 Å². The van der Waals surface area contributed by atoms with Gasteiger partial charge >= 0.3 is 6.03 Å². The number of rotatable bonds is 4. The van der Waals surface area contributed by atoms with E-state index < -0.39 is 0 Å². The van der Waals surface area contributed by atoms with Crippen molar-refractivity contribution in [3.8, 4) is 5.75 Å². The van der Waals surface area contributed by atoms with Gasteiger partial charge in [-0.1, -0.05) is 23.7 Å². The number of carbonyl (C=O) groups excluding carboxylic acids is 1. The number of pyridine rings is 1. The van der Waals surface area contributed by atoms with E-state index in [0.717, 1.165) is 11.3 Å². The molecule has 1 unspecified atom stereocenters. The minimum atomic E-state index is -0.210. The van der Waals surface area contributed by atoms with Crippen LogP contribution in [0, 0.1) is 13.8 Å². The number of para-hydroxylation sites is 1. The molecule has 0 aliphatic carbocycles. The third-order valence-electron chi connectivity index (χ3n) is 4.02. The number of urea groups is 1. The first-order valence-electron chi connectivity index (χ1n) is 8.51. The van der Waals surface area contributed by atoms with Crippen LogP contribution in [0.3, 0.4) is 0 Å². The van der Waals surface area contributed by atoms with Crippen LogP contribution in [0.2, 0.25) is 5.02 Å². The first-order chi connectivity index (χ1) is 12.5. The lowest BCUT2D eigenvalue weighted by Gasteiger charge is -2.32. The number of amides is 2. The summed E-state index contributed by atoms with van der Waals surface area (Å²) < 4.78 is 11.4. The minimum absolute atomic E-state index is 0.187. The highest BCUT2D eigenvalue weighted by atomic mass is 35.5. The fraction of sp³-hybridized carbons (Fsp3) is 0.368. The van der Waals surface area contributed by atoms with Crippen LogP contribution in [-0.2, 0) is 4.74 Å². The second-order valence-corrected chi connectivity index (χ2v) is 6.69. The van der Waals surface area contributed by atoms with Crippen LogP contribution >= 0.6 is 11.6 Å². The molecule has 2 amide bonds. The molecule has 1 aromatic heterocycles. The van der Waals surface area contributed by atoms with Crippen molar-refractivity contribution in [1.82, 2.24) is 9.88 Å². The molecule has 1 aliphatic rings. The summed E-state index contributed by atoms with van der Waals surface area (Å²) >= 11 is 6.09. The van der Waals surface area contributed by atoms with E-state index in [1.54, 1.807) is 17.0 Å². The summed E-state index contributed by atoms with van der Waals surface area (Å²) in [6.45, 7) is 5.64. The molecule has 26 heavy (non-hydrogen) atoms. The molecule has 1 aromatic carbocycles. The second-order valence-electron chi connectivity index (χ2n) is 6.28. The number of aromatic nitrogens is 1. The summed E-state index contributed by atoms with van der Waals surface area (Å²) in [4.78, 5) is 18.6. The molecule has 1 N–H and O–H groups in total. The second kappa shape index (κ2) is 8.38. The molecule has 3 rings (SSSR count). The molecule has 1 saturated heterocycles. The molecular weight excluding hydrogens is 354 g/mol. The minimum Gasteiger partial charge on any atom is -0.489 e. The van der Waals surface area contributed by atoms with Gasteiger partial charge in [0, 0.05) is 12.2 Å². The maximum absolute atomic E-state index is 12.5. The number of carbonyl (C=O) groups is 1. The van der Waals surface area contributed by atoms with Gasteiger partial charge in [-0.2, -0.15) is 0 Å². The van der Waals surface area contributed by atoms with E-state index in [2.05, 4.69) is 10.3 Å². The van der Waals surface area contributed by atoms with Crippen LogP contribution < -0.4 is 10.1 Å². The van der Waals surface area contributed by atoms with Crippen LogP contribution in [0.5, 0.6) is 5.75 Å². The van der Waals surface area contributed by atoms with Crippen molar-refractivity contribution in [2.75, 3.05) is 31.6 Å². The van der Waals surface area contributed by atoms with Gasteiger partial charge in [0.2, 0.25) is 0 Å². The van der Waals surface area contributed by atoms with E-state index >= 15 is 0 Å². The summed E-state index contributed by atoms with van der Waals surface area (Å²) in [5.74, 6) is 1.17. The predicted octanol–water partition coefficient (Wildman–Crippen LogP) is 3.66. The van der Waals surface area contributed by atoms with Gasteiger partial charge in [0.1, 0.15) is 24.3 Å². The molecule has 0 bridgehead atoms. The SMILES string of the molecule is Cc1cc(C)nc(NC(=O)N2CCOC(COc3ccccc3Cl)C2)c1. The molecule has 0 saturated carbocycles. The van der Waals surface area contributed by atoms with Gasteiger partial charge in [-0.15, -0.1) is 0 Å². The van der Waals surface area contributed by atoms with E-state index in [4.69, 9.17) is 21.1 Å². The van der Waals surface area contributed by atoms with Gasteiger partial charge in [0.05, 0.1) is 18.2 Å². The highest BCUT2D eigenvalue weighted by Crippen LogP contribution is 2.23. The van der Waals surface area contributed by atoms with Crippen LogP contribution in [0.25, 0.3) is 0 Å². The Kier molecular flexibility index (Phi) is 5.96. The van der Waals surface area contributed by atoms with Crippen LogP contribution in [0.1, 0.15) is 11.3 Å². The highest BCUT2D eigenvalue weighted by Gasteiger charge is 2.25. The zero-order valence-electron chi connectivity index (χ0n) is 14.9. The van der Waals surface area contributed by atoms with Crippen molar-refractivity contribution in [2.24, 2.45) is 0 Å². The van der Waals surface area contributed by atoms with Crippen LogP contribution in [0.4, 0.5) is 10.6 Å². The molecular formula is C19H22ClN3O3. The number of halogens is 1. The largest absolute Gasteiger partial charge is 0.489 e.